The lowest BCUT2D eigenvalue weighted by Gasteiger charge is -2.18. The van der Waals surface area contributed by atoms with E-state index in [9.17, 15) is 14.1 Å². The van der Waals surface area contributed by atoms with Crippen LogP contribution in [0.3, 0.4) is 0 Å². The maximum atomic E-state index is 14.6. The van der Waals surface area contributed by atoms with Crippen LogP contribution in [0.5, 0.6) is 0 Å². The van der Waals surface area contributed by atoms with Crippen LogP contribution in [0.1, 0.15) is 6.23 Å². The number of halogens is 1. The van der Waals surface area contributed by atoms with Crippen LogP contribution < -0.4 is 5.73 Å². The molecule has 3 heterocycles. The third-order valence-electron chi connectivity index (χ3n) is 3.37. The van der Waals surface area contributed by atoms with Crippen LogP contribution in [0.4, 0.5) is 10.2 Å². The molecule has 4 atom stereocenters. The summed E-state index contributed by atoms with van der Waals surface area (Å²) in [6.07, 6.45) is -3.87. The Kier molecular flexibility index (Phi) is 4.04. The number of imidazole rings is 1. The molecule has 0 aromatic carbocycles. The summed E-state index contributed by atoms with van der Waals surface area (Å²) in [6.45, 7) is -0.689. The number of alkyl halides is 1. The smallest absolute Gasteiger partial charge is 0.394 e. The first kappa shape index (κ1) is 16.2. The maximum Gasteiger partial charge on any atom is 0.470 e. The van der Waals surface area contributed by atoms with Gasteiger partial charge < -0.3 is 25.4 Å². The van der Waals surface area contributed by atoms with E-state index in [-0.39, 0.29) is 17.0 Å². The van der Waals surface area contributed by atoms with Crippen molar-refractivity contribution >= 4 is 24.8 Å². The van der Waals surface area contributed by atoms with Gasteiger partial charge in [0.2, 0.25) is 0 Å². The molecule has 2 aromatic rings. The van der Waals surface area contributed by atoms with Crippen molar-refractivity contribution in [1.29, 1.82) is 0 Å². The molecule has 0 bridgehead atoms. The molecule has 0 amide bonds. The standard InChI is InChI=1S/C10H13FN5O6P/c11-5-7(22-23(18,19)20)4(1-17)21-10(5)16-3-15-6-8(12)13-2-14-9(6)16/h2-5,7,10,17H,1H2,(H2,12,13,14)(H2,18,19,20)/t4-,5-,7-,10-/m1/s1. The molecule has 0 aliphatic carbocycles. The normalized spacial score (nSPS) is 28.5. The molecular formula is C10H13FN5O6P. The maximum absolute atomic E-state index is 14.6. The molecule has 0 radical (unpaired) electrons. The first-order valence-electron chi connectivity index (χ1n) is 6.39. The molecule has 1 aliphatic rings. The Morgan fingerprint density at radius 1 is 1.43 bits per heavy atom. The number of ether oxygens (including phenoxy) is 1. The van der Waals surface area contributed by atoms with Gasteiger partial charge in [-0.2, -0.15) is 0 Å². The monoisotopic (exact) mass is 349 g/mol. The minimum absolute atomic E-state index is 0.0869. The molecule has 13 heteroatoms. The molecule has 2 aromatic heterocycles. The van der Waals surface area contributed by atoms with Gasteiger partial charge in [-0.15, -0.1) is 0 Å². The number of aromatic nitrogens is 4. The van der Waals surface area contributed by atoms with E-state index in [1.54, 1.807) is 0 Å². The van der Waals surface area contributed by atoms with Crippen molar-refractivity contribution in [1.82, 2.24) is 19.5 Å². The number of nitrogens with zero attached hydrogens (tertiary/aromatic N) is 4. The molecule has 0 spiro atoms. The Hall–Kier alpha value is -1.69. The van der Waals surface area contributed by atoms with Crippen LogP contribution in [0.2, 0.25) is 0 Å². The summed E-state index contributed by atoms with van der Waals surface area (Å²) in [5, 5.41) is 9.23. The Morgan fingerprint density at radius 2 is 2.17 bits per heavy atom. The molecule has 0 saturated carbocycles. The minimum Gasteiger partial charge on any atom is -0.394 e. The van der Waals surface area contributed by atoms with E-state index >= 15 is 0 Å². The highest BCUT2D eigenvalue weighted by atomic mass is 31.2. The zero-order valence-corrected chi connectivity index (χ0v) is 12.3. The van der Waals surface area contributed by atoms with Crippen LogP contribution in [-0.4, -0.2) is 59.4 Å². The van der Waals surface area contributed by atoms with Gasteiger partial charge in [0.1, 0.15) is 24.1 Å². The molecule has 1 aliphatic heterocycles. The topological polar surface area (TPSA) is 166 Å². The first-order chi connectivity index (χ1) is 10.8. The van der Waals surface area contributed by atoms with Crippen LogP contribution in [0.15, 0.2) is 12.7 Å². The van der Waals surface area contributed by atoms with Crippen LogP contribution in [0, 0.1) is 0 Å². The fourth-order valence-electron chi connectivity index (χ4n) is 2.41. The summed E-state index contributed by atoms with van der Waals surface area (Å²) in [6, 6.07) is 0. The van der Waals surface area contributed by atoms with Crippen molar-refractivity contribution in [2.75, 3.05) is 12.3 Å². The van der Waals surface area contributed by atoms with Crippen molar-refractivity contribution in [2.24, 2.45) is 0 Å². The highest BCUT2D eigenvalue weighted by Crippen LogP contribution is 2.45. The van der Waals surface area contributed by atoms with E-state index in [1.807, 2.05) is 0 Å². The zero-order valence-electron chi connectivity index (χ0n) is 11.4. The molecule has 126 valence electrons. The summed E-state index contributed by atoms with van der Waals surface area (Å²) in [4.78, 5) is 29.4. The van der Waals surface area contributed by atoms with Gasteiger partial charge in [0.05, 0.1) is 12.9 Å². The number of fused-ring (bicyclic) bond motifs is 1. The number of hydrogen-bond acceptors (Lipinski definition) is 8. The van der Waals surface area contributed by atoms with Gasteiger partial charge in [0.25, 0.3) is 0 Å². The van der Waals surface area contributed by atoms with Crippen molar-refractivity contribution in [2.45, 2.75) is 24.6 Å². The van der Waals surface area contributed by atoms with Crippen LogP contribution in [0.25, 0.3) is 11.2 Å². The lowest BCUT2D eigenvalue weighted by molar-refractivity contribution is -0.0454. The van der Waals surface area contributed by atoms with E-state index in [4.69, 9.17) is 20.3 Å². The van der Waals surface area contributed by atoms with Crippen molar-refractivity contribution in [3.8, 4) is 0 Å². The number of phosphoric ester groups is 1. The molecular weight excluding hydrogens is 336 g/mol. The van der Waals surface area contributed by atoms with Gasteiger partial charge in [0.15, 0.2) is 23.9 Å². The molecule has 11 nitrogen and oxygen atoms in total. The van der Waals surface area contributed by atoms with Gasteiger partial charge in [-0.3, -0.25) is 9.09 Å². The summed E-state index contributed by atoms with van der Waals surface area (Å²) in [5.41, 5.74) is 6.04. The predicted octanol–water partition coefficient (Wildman–Crippen LogP) is -0.886. The SMILES string of the molecule is Nc1ncnc2c1ncn2[C@@H]1O[C@H](CO)[C@@H](OP(=O)(O)O)[C@H]1F. The van der Waals surface area contributed by atoms with E-state index in [1.165, 1.54) is 10.9 Å². The second-order valence-corrected chi connectivity index (χ2v) is 6.03. The molecule has 3 rings (SSSR count). The number of nitrogen functional groups attached to an aromatic ring is 1. The lowest BCUT2D eigenvalue weighted by atomic mass is 10.1. The molecule has 1 saturated heterocycles. The average molecular weight is 349 g/mol. The average Bonchev–Trinajstić information content (AvgIpc) is 3.01. The van der Waals surface area contributed by atoms with Crippen molar-refractivity contribution in [3.63, 3.8) is 0 Å². The minimum atomic E-state index is -4.96. The van der Waals surface area contributed by atoms with E-state index in [0.717, 1.165) is 6.33 Å². The van der Waals surface area contributed by atoms with Crippen molar-refractivity contribution < 1.29 is 33.1 Å². The van der Waals surface area contributed by atoms with E-state index in [0.29, 0.717) is 0 Å². The fraction of sp³-hybridized carbons (Fsp3) is 0.500. The Balaban J connectivity index is 1.96. The number of nitrogens with two attached hydrogens (primary N) is 1. The number of rotatable bonds is 4. The second kappa shape index (κ2) is 5.74. The summed E-state index contributed by atoms with van der Waals surface area (Å²) < 4.78 is 36.4. The third kappa shape index (κ3) is 2.92. The summed E-state index contributed by atoms with van der Waals surface area (Å²) in [5.74, 6) is 0.0869. The van der Waals surface area contributed by atoms with Gasteiger partial charge in [-0.05, 0) is 0 Å². The van der Waals surface area contributed by atoms with Gasteiger partial charge >= 0.3 is 7.82 Å². The molecule has 0 unspecified atom stereocenters. The summed E-state index contributed by atoms with van der Waals surface area (Å²) in [7, 11) is -4.96. The third-order valence-corrected chi connectivity index (χ3v) is 3.89. The number of anilines is 1. The van der Waals surface area contributed by atoms with E-state index in [2.05, 4.69) is 19.5 Å². The zero-order chi connectivity index (χ0) is 16.8. The second-order valence-electron chi connectivity index (χ2n) is 4.84. The fourth-order valence-corrected chi connectivity index (χ4v) is 2.97. The van der Waals surface area contributed by atoms with Gasteiger partial charge in [0, 0.05) is 0 Å². The molecule has 1 fully saturated rings. The van der Waals surface area contributed by atoms with Crippen LogP contribution in [-0.2, 0) is 13.8 Å². The number of aliphatic hydroxyl groups is 1. The predicted molar refractivity (Wildman–Crippen MR) is 72.5 cm³/mol. The highest BCUT2D eigenvalue weighted by molar-refractivity contribution is 7.46. The van der Waals surface area contributed by atoms with Crippen LogP contribution >= 0.6 is 7.82 Å². The Labute approximate surface area is 128 Å². The quantitative estimate of drug-likeness (QED) is 0.509. The number of hydrogen-bond donors (Lipinski definition) is 4. The number of phosphoric acid groups is 1. The summed E-state index contributed by atoms with van der Waals surface area (Å²) >= 11 is 0. The highest BCUT2D eigenvalue weighted by Gasteiger charge is 2.49. The van der Waals surface area contributed by atoms with Crippen molar-refractivity contribution in [3.05, 3.63) is 12.7 Å². The molecule has 23 heavy (non-hydrogen) atoms. The first-order valence-corrected chi connectivity index (χ1v) is 7.92. The Bertz CT molecular complexity index is 767. The Morgan fingerprint density at radius 3 is 2.83 bits per heavy atom. The van der Waals surface area contributed by atoms with E-state index < -0.39 is 39.0 Å². The largest absolute Gasteiger partial charge is 0.470 e. The van der Waals surface area contributed by atoms with Gasteiger partial charge in [-0.25, -0.2) is 23.9 Å². The van der Waals surface area contributed by atoms with Gasteiger partial charge in [-0.1, -0.05) is 0 Å². The lowest BCUT2D eigenvalue weighted by Crippen LogP contribution is -2.33. The molecule has 5 N–H and O–H groups in total. The number of aliphatic hydroxyl groups excluding tert-OH is 1.